The van der Waals surface area contributed by atoms with Crippen molar-refractivity contribution in [3.63, 3.8) is 0 Å². The average Bonchev–Trinajstić information content (AvgIpc) is 3.14. The normalized spacial score (nSPS) is 14.8. The van der Waals surface area contributed by atoms with E-state index in [0.717, 1.165) is 22.2 Å². The third-order valence-electron chi connectivity index (χ3n) is 5.28. The number of hydrogen-bond donors (Lipinski definition) is 0. The van der Waals surface area contributed by atoms with E-state index in [9.17, 15) is 18.0 Å². The van der Waals surface area contributed by atoms with Crippen LogP contribution in [-0.4, -0.2) is 44.7 Å². The van der Waals surface area contributed by atoms with Crippen LogP contribution in [0.15, 0.2) is 81.0 Å². The fourth-order valence-corrected chi connectivity index (χ4v) is 5.71. The van der Waals surface area contributed by atoms with Gasteiger partial charge in [0.05, 0.1) is 23.0 Å². The van der Waals surface area contributed by atoms with Crippen LogP contribution in [0.4, 0.5) is 4.79 Å². The van der Waals surface area contributed by atoms with E-state index in [-0.39, 0.29) is 33.9 Å². The molecule has 0 atom stereocenters. The predicted molar refractivity (Wildman–Crippen MR) is 144 cm³/mol. The molecule has 0 radical (unpaired) electrons. The van der Waals surface area contributed by atoms with Crippen LogP contribution in [0.25, 0.3) is 6.08 Å². The van der Waals surface area contributed by atoms with Crippen LogP contribution in [0.2, 0.25) is 0 Å². The van der Waals surface area contributed by atoms with E-state index in [4.69, 9.17) is 13.7 Å². The number of benzene rings is 3. The van der Waals surface area contributed by atoms with Gasteiger partial charge < -0.3 is 13.7 Å². The number of imide groups is 1. The molecule has 8 nitrogen and oxygen atoms in total. The van der Waals surface area contributed by atoms with Gasteiger partial charge in [0.25, 0.3) is 11.1 Å². The Labute approximate surface area is 227 Å². The SMILES string of the molecule is COc1ccc(S(=O)(=O)Oc2ccc(/C=C3\SC(=O)N(CCOc4ccc(C)cc4)C3=O)cc2Br)cc1. The minimum atomic E-state index is -4.07. The molecule has 37 heavy (non-hydrogen) atoms. The largest absolute Gasteiger partial charge is 0.497 e. The molecule has 0 spiro atoms. The van der Waals surface area contributed by atoms with Crippen molar-refractivity contribution in [2.75, 3.05) is 20.3 Å². The molecule has 3 aromatic carbocycles. The number of aryl methyl sites for hydroxylation is 1. The summed E-state index contributed by atoms with van der Waals surface area (Å²) >= 11 is 4.16. The van der Waals surface area contributed by atoms with E-state index >= 15 is 0 Å². The van der Waals surface area contributed by atoms with Gasteiger partial charge in [-0.2, -0.15) is 8.42 Å². The summed E-state index contributed by atoms with van der Waals surface area (Å²) in [6, 6.07) is 18.0. The molecular formula is C26H22BrNO7S2. The molecule has 0 N–H and O–H groups in total. The molecule has 1 aliphatic heterocycles. The molecule has 0 bridgehead atoms. The van der Waals surface area contributed by atoms with Crippen molar-refractivity contribution < 1.29 is 31.7 Å². The Morgan fingerprint density at radius 3 is 2.30 bits per heavy atom. The first kappa shape index (κ1) is 26.8. The molecule has 1 saturated heterocycles. The molecule has 1 aliphatic rings. The highest BCUT2D eigenvalue weighted by Gasteiger charge is 2.34. The van der Waals surface area contributed by atoms with Gasteiger partial charge in [-0.3, -0.25) is 14.5 Å². The molecule has 3 aromatic rings. The molecule has 192 valence electrons. The fourth-order valence-electron chi connectivity index (χ4n) is 3.32. The molecule has 0 aliphatic carbocycles. The summed E-state index contributed by atoms with van der Waals surface area (Å²) in [5.74, 6) is 0.845. The first-order valence-corrected chi connectivity index (χ1v) is 14.0. The molecule has 0 unspecified atom stereocenters. The van der Waals surface area contributed by atoms with Crippen LogP contribution in [0.1, 0.15) is 11.1 Å². The molecule has 2 amide bonds. The number of nitrogens with zero attached hydrogens (tertiary/aromatic N) is 1. The van der Waals surface area contributed by atoms with Crippen LogP contribution in [0, 0.1) is 6.92 Å². The number of thioether (sulfide) groups is 1. The second-order valence-corrected chi connectivity index (χ2v) is 11.3. The number of hydrogen-bond acceptors (Lipinski definition) is 8. The van der Waals surface area contributed by atoms with Gasteiger partial charge in [-0.1, -0.05) is 23.8 Å². The summed E-state index contributed by atoms with van der Waals surface area (Å²) in [5, 5.41) is -0.381. The van der Waals surface area contributed by atoms with E-state index in [1.807, 2.05) is 31.2 Å². The van der Waals surface area contributed by atoms with E-state index in [1.54, 1.807) is 18.2 Å². The quantitative estimate of drug-likeness (QED) is 0.228. The number of rotatable bonds is 9. The van der Waals surface area contributed by atoms with Crippen LogP contribution < -0.4 is 13.7 Å². The summed E-state index contributed by atoms with van der Waals surface area (Å²) in [5.41, 5.74) is 1.69. The predicted octanol–water partition coefficient (Wildman–Crippen LogP) is 5.65. The minimum Gasteiger partial charge on any atom is -0.497 e. The fraction of sp³-hybridized carbons (Fsp3) is 0.154. The van der Waals surface area contributed by atoms with Crippen molar-refractivity contribution in [1.29, 1.82) is 0 Å². The number of halogens is 1. The summed E-state index contributed by atoms with van der Waals surface area (Å²) in [6.07, 6.45) is 1.57. The summed E-state index contributed by atoms with van der Waals surface area (Å²) in [4.78, 5) is 26.5. The average molecular weight is 605 g/mol. The molecule has 0 saturated carbocycles. The third kappa shape index (κ3) is 6.54. The van der Waals surface area contributed by atoms with Crippen LogP contribution in [0.5, 0.6) is 17.2 Å². The van der Waals surface area contributed by atoms with Crippen molar-refractivity contribution in [3.05, 3.63) is 87.2 Å². The van der Waals surface area contributed by atoms with Gasteiger partial charge in [0.2, 0.25) is 0 Å². The molecule has 1 heterocycles. The van der Waals surface area contributed by atoms with Crippen molar-refractivity contribution in [1.82, 2.24) is 4.90 Å². The standard InChI is InChI=1S/C26H22BrNO7S2/c1-17-3-6-20(7-4-17)34-14-13-28-25(29)24(36-26(28)30)16-18-5-12-23(22(27)15-18)35-37(31,32)21-10-8-19(33-2)9-11-21/h3-12,15-16H,13-14H2,1-2H3/b24-16-. The van der Waals surface area contributed by atoms with Gasteiger partial charge in [0, 0.05) is 0 Å². The Bertz CT molecular complexity index is 1450. The maximum absolute atomic E-state index is 12.8. The zero-order valence-corrected chi connectivity index (χ0v) is 23.1. The second kappa shape index (κ2) is 11.4. The lowest BCUT2D eigenvalue weighted by atomic mass is 10.2. The lowest BCUT2D eigenvalue weighted by Crippen LogP contribution is -2.32. The molecular weight excluding hydrogens is 582 g/mol. The van der Waals surface area contributed by atoms with E-state index in [1.165, 1.54) is 37.4 Å². The Morgan fingerprint density at radius 2 is 1.65 bits per heavy atom. The highest BCUT2D eigenvalue weighted by Crippen LogP contribution is 2.34. The van der Waals surface area contributed by atoms with E-state index in [2.05, 4.69) is 15.9 Å². The highest BCUT2D eigenvalue weighted by molar-refractivity contribution is 9.10. The number of methoxy groups -OCH3 is 1. The number of amides is 2. The maximum atomic E-state index is 12.8. The van der Waals surface area contributed by atoms with Gasteiger partial charge in [-0.25, -0.2) is 0 Å². The first-order valence-electron chi connectivity index (χ1n) is 11.0. The summed E-state index contributed by atoms with van der Waals surface area (Å²) in [7, 11) is -2.59. The second-order valence-electron chi connectivity index (χ2n) is 7.90. The molecule has 1 fully saturated rings. The van der Waals surface area contributed by atoms with E-state index < -0.39 is 16.0 Å². The van der Waals surface area contributed by atoms with Crippen molar-refractivity contribution in [3.8, 4) is 17.2 Å². The third-order valence-corrected chi connectivity index (χ3v) is 8.06. The summed E-state index contributed by atoms with van der Waals surface area (Å²) in [6.45, 7) is 2.27. The smallest absolute Gasteiger partial charge is 0.339 e. The molecule has 11 heteroatoms. The van der Waals surface area contributed by atoms with Crippen LogP contribution in [-0.2, 0) is 14.9 Å². The lowest BCUT2D eigenvalue weighted by molar-refractivity contribution is -0.123. The van der Waals surface area contributed by atoms with Gasteiger partial charge in [-0.15, -0.1) is 0 Å². The van der Waals surface area contributed by atoms with Crippen LogP contribution >= 0.6 is 27.7 Å². The van der Waals surface area contributed by atoms with Crippen molar-refractivity contribution >= 4 is 55.0 Å². The number of carbonyl (C=O) groups excluding carboxylic acids is 2. The van der Waals surface area contributed by atoms with Gasteiger partial charge in [-0.05, 0) is 94.8 Å². The van der Waals surface area contributed by atoms with Gasteiger partial charge in [0.1, 0.15) is 23.0 Å². The minimum absolute atomic E-state index is 0.0238. The van der Waals surface area contributed by atoms with Crippen molar-refractivity contribution in [2.24, 2.45) is 0 Å². The van der Waals surface area contributed by atoms with Gasteiger partial charge in [0.15, 0.2) is 5.75 Å². The Kier molecular flexibility index (Phi) is 8.25. The molecule has 0 aromatic heterocycles. The monoisotopic (exact) mass is 603 g/mol. The Balaban J connectivity index is 1.41. The number of ether oxygens (including phenoxy) is 2. The topological polar surface area (TPSA) is 99.2 Å². The lowest BCUT2D eigenvalue weighted by Gasteiger charge is -2.13. The maximum Gasteiger partial charge on any atom is 0.339 e. The Morgan fingerprint density at radius 1 is 0.973 bits per heavy atom. The summed E-state index contributed by atoms with van der Waals surface area (Å²) < 4.78 is 41.6. The molecule has 4 rings (SSSR count). The number of carbonyl (C=O) groups is 2. The van der Waals surface area contributed by atoms with Crippen LogP contribution in [0.3, 0.4) is 0 Å². The zero-order chi connectivity index (χ0) is 26.6. The first-order chi connectivity index (χ1) is 17.7. The van der Waals surface area contributed by atoms with Crippen molar-refractivity contribution in [2.45, 2.75) is 11.8 Å². The highest BCUT2D eigenvalue weighted by atomic mass is 79.9. The zero-order valence-electron chi connectivity index (χ0n) is 19.8. The van der Waals surface area contributed by atoms with E-state index in [0.29, 0.717) is 21.5 Å². The van der Waals surface area contributed by atoms with Gasteiger partial charge >= 0.3 is 10.1 Å². The Hall–Kier alpha value is -3.28.